The summed E-state index contributed by atoms with van der Waals surface area (Å²) in [5.74, 6) is 1.25. The van der Waals surface area contributed by atoms with Gasteiger partial charge in [0, 0.05) is 19.8 Å². The molecule has 0 unspecified atom stereocenters. The zero-order valence-electron chi connectivity index (χ0n) is 9.82. The Bertz CT molecular complexity index is 264. The fraction of sp³-hybridized carbons (Fsp3) is 0.750. The minimum Gasteiger partial charge on any atom is -0.466 e. The van der Waals surface area contributed by atoms with E-state index in [0.717, 1.165) is 0 Å². The van der Waals surface area contributed by atoms with Gasteiger partial charge in [0.25, 0.3) is 0 Å². The predicted octanol–water partition coefficient (Wildman–Crippen LogP) is 3.16. The molecule has 0 aliphatic carbocycles. The predicted molar refractivity (Wildman–Crippen MR) is 58.1 cm³/mol. The van der Waals surface area contributed by atoms with E-state index in [0.29, 0.717) is 32.3 Å². The van der Waals surface area contributed by atoms with Crippen LogP contribution in [0.4, 0.5) is 8.78 Å². The molecule has 0 aliphatic heterocycles. The van der Waals surface area contributed by atoms with E-state index >= 15 is 0 Å². The summed E-state index contributed by atoms with van der Waals surface area (Å²) < 4.78 is 30.4. The molecule has 0 aromatic rings. The number of carbonyl (C=O) groups excluding carboxylic acids is 1. The molecule has 0 N–H and O–H groups in total. The molecule has 0 aromatic heterocycles. The topological polar surface area (TPSA) is 26.3 Å². The molecule has 0 bridgehead atoms. The van der Waals surface area contributed by atoms with Gasteiger partial charge in [-0.3, -0.25) is 4.79 Å². The summed E-state index contributed by atoms with van der Waals surface area (Å²) in [4.78, 5) is 10.4. The largest absolute Gasteiger partial charge is 0.466 e. The highest BCUT2D eigenvalue weighted by Gasteiger charge is 2.23. The minimum atomic E-state index is -2.86. The number of rotatable bonds is 6. The smallest absolute Gasteiger partial charge is 0.308 e. The average molecular weight is 232 g/mol. The summed E-state index contributed by atoms with van der Waals surface area (Å²) in [7, 11) is 0. The standard InChI is InChI=1S/C12H18F2O2/c1-3-8-12(13,14)9-6-4-5-7-10-16-11(2)15/h3-5,7-8,10H2,1-2H3. The highest BCUT2D eigenvalue weighted by atomic mass is 19.3. The van der Waals surface area contributed by atoms with E-state index in [4.69, 9.17) is 4.74 Å². The fourth-order valence-corrected chi connectivity index (χ4v) is 1.10. The third-order valence-corrected chi connectivity index (χ3v) is 1.84. The molecule has 0 heterocycles. The molecule has 0 amide bonds. The van der Waals surface area contributed by atoms with Crippen LogP contribution in [0.1, 0.15) is 46.0 Å². The van der Waals surface area contributed by atoms with Gasteiger partial charge in [0.2, 0.25) is 0 Å². The first-order valence-electron chi connectivity index (χ1n) is 5.49. The zero-order valence-corrected chi connectivity index (χ0v) is 9.82. The first-order valence-corrected chi connectivity index (χ1v) is 5.49. The molecule has 0 aliphatic rings. The molecule has 0 spiro atoms. The Hall–Kier alpha value is -1.11. The normalized spacial score (nSPS) is 10.5. The highest BCUT2D eigenvalue weighted by Crippen LogP contribution is 2.18. The van der Waals surface area contributed by atoms with E-state index in [-0.39, 0.29) is 12.4 Å². The van der Waals surface area contributed by atoms with Crippen molar-refractivity contribution < 1.29 is 18.3 Å². The van der Waals surface area contributed by atoms with Crippen molar-refractivity contribution >= 4 is 5.97 Å². The second kappa shape index (κ2) is 8.09. The Labute approximate surface area is 95.4 Å². The number of unbranched alkanes of at least 4 members (excludes halogenated alkanes) is 2. The Morgan fingerprint density at radius 2 is 2.06 bits per heavy atom. The van der Waals surface area contributed by atoms with Crippen LogP contribution in [-0.4, -0.2) is 18.5 Å². The summed E-state index contributed by atoms with van der Waals surface area (Å²) in [6.07, 6.45) is 1.98. The monoisotopic (exact) mass is 232 g/mol. The molecule has 0 radical (unpaired) electrons. The van der Waals surface area contributed by atoms with Crippen molar-refractivity contribution in [1.82, 2.24) is 0 Å². The number of halogens is 2. The second-order valence-corrected chi connectivity index (χ2v) is 3.55. The quantitative estimate of drug-likeness (QED) is 0.399. The molecule has 0 saturated carbocycles. The van der Waals surface area contributed by atoms with Gasteiger partial charge in [0.1, 0.15) is 0 Å². The summed E-state index contributed by atoms with van der Waals surface area (Å²) in [6, 6.07) is 0. The first kappa shape index (κ1) is 14.9. The molecule has 16 heavy (non-hydrogen) atoms. The van der Waals surface area contributed by atoms with Gasteiger partial charge in [0.05, 0.1) is 6.61 Å². The van der Waals surface area contributed by atoms with Crippen LogP contribution in [0, 0.1) is 11.8 Å². The maximum Gasteiger partial charge on any atom is 0.308 e. The molecule has 4 heteroatoms. The number of hydrogen-bond donors (Lipinski definition) is 0. The highest BCUT2D eigenvalue weighted by molar-refractivity contribution is 5.65. The van der Waals surface area contributed by atoms with Gasteiger partial charge >= 0.3 is 11.9 Å². The molecule has 0 fully saturated rings. The van der Waals surface area contributed by atoms with Crippen LogP contribution in [0.2, 0.25) is 0 Å². The van der Waals surface area contributed by atoms with Crippen LogP contribution >= 0.6 is 0 Å². The molecule has 2 nitrogen and oxygen atoms in total. The van der Waals surface area contributed by atoms with Crippen molar-refractivity contribution in [3.63, 3.8) is 0 Å². The molecular weight excluding hydrogens is 214 g/mol. The minimum absolute atomic E-state index is 0.187. The molecule has 0 aromatic carbocycles. The van der Waals surface area contributed by atoms with Gasteiger partial charge in [-0.2, -0.15) is 8.78 Å². The van der Waals surface area contributed by atoms with Gasteiger partial charge in [0.15, 0.2) is 0 Å². The third-order valence-electron chi connectivity index (χ3n) is 1.84. The lowest BCUT2D eigenvalue weighted by molar-refractivity contribution is -0.141. The van der Waals surface area contributed by atoms with Crippen molar-refractivity contribution in [3.05, 3.63) is 0 Å². The number of ether oxygens (including phenoxy) is 1. The molecule has 0 saturated heterocycles. The maximum absolute atomic E-state index is 12.9. The maximum atomic E-state index is 12.9. The van der Waals surface area contributed by atoms with E-state index in [1.807, 2.05) is 5.92 Å². The summed E-state index contributed by atoms with van der Waals surface area (Å²) >= 11 is 0. The van der Waals surface area contributed by atoms with Crippen molar-refractivity contribution in [1.29, 1.82) is 0 Å². The van der Waals surface area contributed by atoms with Crippen molar-refractivity contribution in [3.8, 4) is 11.8 Å². The lowest BCUT2D eigenvalue weighted by Crippen LogP contribution is -2.11. The average Bonchev–Trinajstić information content (AvgIpc) is 2.15. The van der Waals surface area contributed by atoms with Crippen molar-refractivity contribution in [2.45, 2.75) is 51.9 Å². The second-order valence-electron chi connectivity index (χ2n) is 3.55. The van der Waals surface area contributed by atoms with Crippen molar-refractivity contribution in [2.75, 3.05) is 6.61 Å². The lowest BCUT2D eigenvalue weighted by atomic mass is 10.2. The van der Waals surface area contributed by atoms with Gasteiger partial charge in [-0.25, -0.2) is 0 Å². The Morgan fingerprint density at radius 1 is 1.38 bits per heavy atom. The van der Waals surface area contributed by atoms with Gasteiger partial charge in [-0.05, 0) is 25.2 Å². The van der Waals surface area contributed by atoms with E-state index in [1.54, 1.807) is 6.92 Å². The van der Waals surface area contributed by atoms with Crippen LogP contribution in [0.3, 0.4) is 0 Å². The van der Waals surface area contributed by atoms with Crippen molar-refractivity contribution in [2.24, 2.45) is 0 Å². The number of alkyl halides is 2. The molecular formula is C12H18F2O2. The zero-order chi connectivity index (χ0) is 12.4. The van der Waals surface area contributed by atoms with E-state index in [1.165, 1.54) is 6.92 Å². The van der Waals surface area contributed by atoms with E-state index in [9.17, 15) is 13.6 Å². The fourth-order valence-electron chi connectivity index (χ4n) is 1.10. The Balaban J connectivity index is 3.58. The molecule has 0 atom stereocenters. The Morgan fingerprint density at radius 3 is 2.62 bits per heavy atom. The first-order chi connectivity index (χ1) is 7.48. The molecule has 0 rings (SSSR count). The van der Waals surface area contributed by atoms with Crippen LogP contribution < -0.4 is 0 Å². The SMILES string of the molecule is CCCC(F)(F)C#CCCCCOC(C)=O. The van der Waals surface area contributed by atoms with Crippen LogP contribution in [-0.2, 0) is 9.53 Å². The number of carbonyl (C=O) groups is 1. The van der Waals surface area contributed by atoms with Crippen LogP contribution in [0.5, 0.6) is 0 Å². The van der Waals surface area contributed by atoms with Crippen LogP contribution in [0.25, 0.3) is 0 Å². The van der Waals surface area contributed by atoms with Gasteiger partial charge in [-0.1, -0.05) is 12.8 Å². The van der Waals surface area contributed by atoms with Gasteiger partial charge in [-0.15, -0.1) is 0 Å². The summed E-state index contributed by atoms with van der Waals surface area (Å²) in [5, 5.41) is 0. The third kappa shape index (κ3) is 9.45. The Kier molecular flexibility index (Phi) is 7.53. The van der Waals surface area contributed by atoms with E-state index < -0.39 is 5.92 Å². The summed E-state index contributed by atoms with van der Waals surface area (Å²) in [5.41, 5.74) is 0. The van der Waals surface area contributed by atoms with Crippen LogP contribution in [0.15, 0.2) is 0 Å². The molecule has 92 valence electrons. The number of esters is 1. The number of hydrogen-bond acceptors (Lipinski definition) is 2. The van der Waals surface area contributed by atoms with E-state index in [2.05, 4.69) is 5.92 Å². The van der Waals surface area contributed by atoms with Gasteiger partial charge < -0.3 is 4.74 Å². The lowest BCUT2D eigenvalue weighted by Gasteiger charge is -2.05. The summed E-state index contributed by atoms with van der Waals surface area (Å²) in [6.45, 7) is 3.38.